The van der Waals surface area contributed by atoms with E-state index in [4.69, 9.17) is 0 Å². The van der Waals surface area contributed by atoms with Crippen molar-refractivity contribution in [3.63, 3.8) is 0 Å². The highest BCUT2D eigenvalue weighted by molar-refractivity contribution is 5.48. The van der Waals surface area contributed by atoms with Crippen molar-refractivity contribution in [2.75, 3.05) is 18.0 Å². The summed E-state index contributed by atoms with van der Waals surface area (Å²) >= 11 is 0. The van der Waals surface area contributed by atoms with E-state index in [0.717, 1.165) is 32.0 Å². The molecule has 0 unspecified atom stereocenters. The molecule has 0 saturated carbocycles. The predicted molar refractivity (Wildman–Crippen MR) is 71.2 cm³/mol. The van der Waals surface area contributed by atoms with Crippen LogP contribution in [0.5, 0.6) is 0 Å². The van der Waals surface area contributed by atoms with Gasteiger partial charge in [0.1, 0.15) is 5.82 Å². The number of nitrogens with one attached hydrogen (secondary N) is 1. The molecule has 4 heteroatoms. The SMILES string of the molecule is c1cnc2c(c1)CNCCN2Cc1ccncc1. The predicted octanol–water partition coefficient (Wildman–Crippen LogP) is 1.59. The average molecular weight is 240 g/mol. The van der Waals surface area contributed by atoms with Gasteiger partial charge in [-0.3, -0.25) is 4.98 Å². The van der Waals surface area contributed by atoms with Gasteiger partial charge in [-0.15, -0.1) is 0 Å². The van der Waals surface area contributed by atoms with Gasteiger partial charge in [0.25, 0.3) is 0 Å². The topological polar surface area (TPSA) is 41.1 Å². The van der Waals surface area contributed by atoms with Crippen molar-refractivity contribution in [3.05, 3.63) is 54.0 Å². The van der Waals surface area contributed by atoms with E-state index < -0.39 is 0 Å². The molecule has 0 aromatic carbocycles. The molecule has 3 rings (SSSR count). The Bertz CT molecular complexity index is 512. The first-order valence-electron chi connectivity index (χ1n) is 6.22. The molecule has 0 amide bonds. The van der Waals surface area contributed by atoms with E-state index in [1.54, 1.807) is 0 Å². The molecule has 0 bridgehead atoms. The number of rotatable bonds is 2. The molecule has 1 aliphatic heterocycles. The van der Waals surface area contributed by atoms with Crippen molar-refractivity contribution in [1.82, 2.24) is 15.3 Å². The van der Waals surface area contributed by atoms with E-state index in [1.165, 1.54) is 11.1 Å². The van der Waals surface area contributed by atoms with Crippen LogP contribution < -0.4 is 10.2 Å². The van der Waals surface area contributed by atoms with Gasteiger partial charge < -0.3 is 10.2 Å². The number of fused-ring (bicyclic) bond motifs is 1. The second kappa shape index (κ2) is 5.14. The highest BCUT2D eigenvalue weighted by Gasteiger charge is 2.15. The van der Waals surface area contributed by atoms with Crippen LogP contribution in [0.25, 0.3) is 0 Å². The van der Waals surface area contributed by atoms with Crippen molar-refractivity contribution < 1.29 is 0 Å². The Morgan fingerprint density at radius 2 is 2.06 bits per heavy atom. The summed E-state index contributed by atoms with van der Waals surface area (Å²) in [5.41, 5.74) is 2.53. The summed E-state index contributed by atoms with van der Waals surface area (Å²) < 4.78 is 0. The van der Waals surface area contributed by atoms with E-state index in [0.29, 0.717) is 0 Å². The summed E-state index contributed by atoms with van der Waals surface area (Å²) in [5, 5.41) is 3.43. The largest absolute Gasteiger partial charge is 0.351 e. The van der Waals surface area contributed by atoms with Crippen LogP contribution in [0.2, 0.25) is 0 Å². The fourth-order valence-corrected chi connectivity index (χ4v) is 2.26. The smallest absolute Gasteiger partial charge is 0.133 e. The number of pyridine rings is 2. The molecule has 1 N–H and O–H groups in total. The van der Waals surface area contributed by atoms with Gasteiger partial charge >= 0.3 is 0 Å². The summed E-state index contributed by atoms with van der Waals surface area (Å²) in [5.74, 6) is 1.10. The summed E-state index contributed by atoms with van der Waals surface area (Å²) in [6, 6.07) is 8.25. The van der Waals surface area contributed by atoms with Crippen LogP contribution in [-0.2, 0) is 13.1 Å². The second-order valence-corrected chi connectivity index (χ2v) is 4.44. The minimum absolute atomic E-state index is 0.883. The van der Waals surface area contributed by atoms with Crippen molar-refractivity contribution in [2.24, 2.45) is 0 Å². The lowest BCUT2D eigenvalue weighted by molar-refractivity contribution is 0.687. The van der Waals surface area contributed by atoms with Crippen LogP contribution >= 0.6 is 0 Å². The lowest BCUT2D eigenvalue weighted by Gasteiger charge is -2.23. The third-order valence-electron chi connectivity index (χ3n) is 3.16. The van der Waals surface area contributed by atoms with E-state index >= 15 is 0 Å². The Morgan fingerprint density at radius 1 is 1.17 bits per heavy atom. The normalized spacial score (nSPS) is 15.0. The van der Waals surface area contributed by atoms with Gasteiger partial charge in [0.2, 0.25) is 0 Å². The van der Waals surface area contributed by atoms with Crippen LogP contribution in [-0.4, -0.2) is 23.1 Å². The second-order valence-electron chi connectivity index (χ2n) is 4.44. The number of anilines is 1. The van der Waals surface area contributed by atoms with E-state index in [1.807, 2.05) is 24.7 Å². The molecule has 0 saturated heterocycles. The van der Waals surface area contributed by atoms with Crippen molar-refractivity contribution in [1.29, 1.82) is 0 Å². The van der Waals surface area contributed by atoms with Crippen LogP contribution in [0.15, 0.2) is 42.9 Å². The molecule has 0 radical (unpaired) electrons. The van der Waals surface area contributed by atoms with Crippen molar-refractivity contribution >= 4 is 5.82 Å². The van der Waals surface area contributed by atoms with E-state index in [2.05, 4.69) is 38.4 Å². The Balaban J connectivity index is 1.88. The number of aromatic nitrogens is 2. The fourth-order valence-electron chi connectivity index (χ4n) is 2.26. The Kier molecular flexibility index (Phi) is 3.19. The summed E-state index contributed by atoms with van der Waals surface area (Å²) in [4.78, 5) is 10.9. The number of hydrogen-bond acceptors (Lipinski definition) is 4. The highest BCUT2D eigenvalue weighted by atomic mass is 15.2. The van der Waals surface area contributed by atoms with Gasteiger partial charge in [0, 0.05) is 50.3 Å². The van der Waals surface area contributed by atoms with Crippen molar-refractivity contribution in [3.8, 4) is 0 Å². The first kappa shape index (κ1) is 11.2. The standard InChI is InChI=1S/C14H16N4/c1-2-13-10-16-8-9-18(14(13)17-5-1)11-12-3-6-15-7-4-12/h1-7,16H,8-11H2. The van der Waals surface area contributed by atoms with Crippen LogP contribution in [0.4, 0.5) is 5.82 Å². The first-order valence-corrected chi connectivity index (χ1v) is 6.22. The monoisotopic (exact) mass is 240 g/mol. The molecule has 92 valence electrons. The molecule has 2 aromatic heterocycles. The third kappa shape index (κ3) is 2.33. The molecule has 3 heterocycles. The number of nitrogens with zero attached hydrogens (tertiary/aromatic N) is 3. The molecule has 18 heavy (non-hydrogen) atoms. The zero-order valence-electron chi connectivity index (χ0n) is 10.2. The van der Waals surface area contributed by atoms with Crippen molar-refractivity contribution in [2.45, 2.75) is 13.1 Å². The molecular formula is C14H16N4. The summed E-state index contributed by atoms with van der Waals surface area (Å²) in [6.45, 7) is 3.75. The zero-order chi connectivity index (χ0) is 12.2. The minimum Gasteiger partial charge on any atom is -0.351 e. The van der Waals surface area contributed by atoms with Gasteiger partial charge in [-0.05, 0) is 23.8 Å². The highest BCUT2D eigenvalue weighted by Crippen LogP contribution is 2.20. The molecule has 0 fully saturated rings. The van der Waals surface area contributed by atoms with Gasteiger partial charge in [-0.1, -0.05) is 6.07 Å². The zero-order valence-corrected chi connectivity index (χ0v) is 10.2. The minimum atomic E-state index is 0.883. The van der Waals surface area contributed by atoms with Crippen LogP contribution in [0.3, 0.4) is 0 Å². The average Bonchev–Trinajstić information content (AvgIpc) is 2.63. The first-order chi connectivity index (χ1) is 8.93. The van der Waals surface area contributed by atoms with Crippen LogP contribution in [0.1, 0.15) is 11.1 Å². The summed E-state index contributed by atoms with van der Waals surface area (Å²) in [6.07, 6.45) is 5.54. The summed E-state index contributed by atoms with van der Waals surface area (Å²) in [7, 11) is 0. The number of hydrogen-bond donors (Lipinski definition) is 1. The fraction of sp³-hybridized carbons (Fsp3) is 0.286. The molecule has 0 spiro atoms. The van der Waals surface area contributed by atoms with Gasteiger partial charge in [0.15, 0.2) is 0 Å². The maximum absolute atomic E-state index is 4.53. The lowest BCUT2D eigenvalue weighted by Crippen LogP contribution is -2.28. The molecular weight excluding hydrogens is 224 g/mol. The molecule has 0 aliphatic carbocycles. The lowest BCUT2D eigenvalue weighted by atomic mass is 10.2. The maximum Gasteiger partial charge on any atom is 0.133 e. The Hall–Kier alpha value is -1.94. The molecule has 2 aromatic rings. The van der Waals surface area contributed by atoms with Crippen LogP contribution in [0, 0.1) is 0 Å². The Morgan fingerprint density at radius 3 is 2.94 bits per heavy atom. The van der Waals surface area contributed by atoms with E-state index in [9.17, 15) is 0 Å². The maximum atomic E-state index is 4.53. The van der Waals surface area contributed by atoms with E-state index in [-0.39, 0.29) is 0 Å². The van der Waals surface area contributed by atoms with Gasteiger partial charge in [-0.2, -0.15) is 0 Å². The molecule has 0 atom stereocenters. The Labute approximate surface area is 107 Å². The van der Waals surface area contributed by atoms with Gasteiger partial charge in [-0.25, -0.2) is 4.98 Å². The third-order valence-corrected chi connectivity index (χ3v) is 3.16. The molecule has 1 aliphatic rings. The van der Waals surface area contributed by atoms with Gasteiger partial charge in [0.05, 0.1) is 0 Å². The molecule has 4 nitrogen and oxygen atoms in total. The quantitative estimate of drug-likeness (QED) is 0.865.